The van der Waals surface area contributed by atoms with Gasteiger partial charge in [0.25, 0.3) is 5.56 Å². The average molecular weight is 419 g/mol. The number of aliphatic hydroxyl groups is 1. The molecule has 2 aromatic carbocycles. The molecule has 5 heteroatoms. The van der Waals surface area contributed by atoms with Crippen LogP contribution in [0.4, 0.5) is 0 Å². The van der Waals surface area contributed by atoms with Crippen molar-refractivity contribution < 1.29 is 5.11 Å². The minimum atomic E-state index is -1.00. The zero-order chi connectivity index (χ0) is 22.3. The van der Waals surface area contributed by atoms with Crippen LogP contribution < -0.4 is 11.2 Å². The van der Waals surface area contributed by atoms with E-state index in [-0.39, 0.29) is 17.4 Å². The van der Waals surface area contributed by atoms with Crippen molar-refractivity contribution in [2.45, 2.75) is 59.1 Å². The lowest BCUT2D eigenvalue weighted by atomic mass is 9.95. The van der Waals surface area contributed by atoms with E-state index in [0.717, 1.165) is 16.7 Å². The van der Waals surface area contributed by atoms with E-state index in [1.807, 2.05) is 39.8 Å². The van der Waals surface area contributed by atoms with E-state index in [2.05, 4.69) is 35.3 Å². The smallest absolute Gasteiger partial charge is 0.330 e. The van der Waals surface area contributed by atoms with Gasteiger partial charge < -0.3 is 5.11 Å². The second-order valence-corrected chi connectivity index (χ2v) is 9.17. The van der Waals surface area contributed by atoms with Gasteiger partial charge in [-0.1, -0.05) is 67.4 Å². The van der Waals surface area contributed by atoms with Gasteiger partial charge >= 0.3 is 5.69 Å². The Hall–Kier alpha value is -2.92. The maximum Gasteiger partial charge on any atom is 0.330 e. The predicted octanol–water partition coefficient (Wildman–Crippen LogP) is 3.77. The van der Waals surface area contributed by atoms with Crippen molar-refractivity contribution in [3.8, 4) is 0 Å². The van der Waals surface area contributed by atoms with Crippen LogP contribution in [-0.2, 0) is 19.3 Å². The molecule has 0 amide bonds. The molecule has 1 aliphatic carbocycles. The Kier molecular flexibility index (Phi) is 5.71. The fourth-order valence-electron chi connectivity index (χ4n) is 5.04. The summed E-state index contributed by atoms with van der Waals surface area (Å²) < 4.78 is 1.44. The Bertz CT molecular complexity index is 1190. The van der Waals surface area contributed by atoms with Gasteiger partial charge in [-0.25, -0.2) is 4.79 Å². The van der Waals surface area contributed by atoms with E-state index in [1.54, 1.807) is 0 Å². The largest absolute Gasteiger partial charge is 0.373 e. The molecule has 0 fully saturated rings. The Morgan fingerprint density at radius 3 is 2.16 bits per heavy atom. The summed E-state index contributed by atoms with van der Waals surface area (Å²) in [4.78, 5) is 28.2. The number of benzene rings is 2. The van der Waals surface area contributed by atoms with E-state index >= 15 is 0 Å². The molecule has 1 heterocycles. The van der Waals surface area contributed by atoms with Crippen LogP contribution >= 0.6 is 0 Å². The average Bonchev–Trinajstić information content (AvgIpc) is 3.10. The minimum absolute atomic E-state index is 0.0792. The highest BCUT2D eigenvalue weighted by Crippen LogP contribution is 2.33. The van der Waals surface area contributed by atoms with E-state index in [4.69, 9.17) is 0 Å². The zero-order valence-corrected chi connectivity index (χ0v) is 18.6. The SMILES string of the molecule is Cc1cc(C)cc(Cc2c(C(C)C)c(=O)[nH]c(=O)n2C(O)C2Cc3ccccc3C2)c1. The first-order valence-electron chi connectivity index (χ1n) is 10.9. The second kappa shape index (κ2) is 8.31. The van der Waals surface area contributed by atoms with Crippen LogP contribution in [0.3, 0.4) is 0 Å². The molecule has 0 aliphatic heterocycles. The lowest BCUT2D eigenvalue weighted by molar-refractivity contribution is 0.0380. The molecule has 1 aromatic heterocycles. The number of aromatic nitrogens is 2. The summed E-state index contributed by atoms with van der Waals surface area (Å²) in [6, 6.07) is 14.4. The van der Waals surface area contributed by atoms with Crippen molar-refractivity contribution in [3.63, 3.8) is 0 Å². The standard InChI is InChI=1S/C26H30N2O3/c1-15(2)23-22(12-18-10-16(3)9-17(4)11-18)28(26(31)27-24(23)29)25(30)21-13-19-7-5-6-8-20(19)14-21/h5-11,15,21,25,30H,12-14H2,1-4H3,(H,27,29,31). The molecule has 162 valence electrons. The van der Waals surface area contributed by atoms with Gasteiger partial charge in [0, 0.05) is 23.6 Å². The summed E-state index contributed by atoms with van der Waals surface area (Å²) in [5.74, 6) is -0.191. The first-order valence-corrected chi connectivity index (χ1v) is 10.9. The first-order chi connectivity index (χ1) is 14.7. The number of hydrogen-bond acceptors (Lipinski definition) is 3. The van der Waals surface area contributed by atoms with Crippen LogP contribution in [0.25, 0.3) is 0 Å². The van der Waals surface area contributed by atoms with E-state index in [9.17, 15) is 14.7 Å². The summed E-state index contributed by atoms with van der Waals surface area (Å²) in [5, 5.41) is 11.4. The highest BCUT2D eigenvalue weighted by Gasteiger charge is 2.31. The number of aromatic amines is 1. The van der Waals surface area contributed by atoms with Crippen LogP contribution in [0.15, 0.2) is 52.1 Å². The number of rotatable bonds is 5. The molecule has 4 rings (SSSR count). The van der Waals surface area contributed by atoms with E-state index in [0.29, 0.717) is 30.5 Å². The first kappa shape index (κ1) is 21.3. The summed E-state index contributed by atoms with van der Waals surface area (Å²) in [7, 11) is 0. The summed E-state index contributed by atoms with van der Waals surface area (Å²) in [6.45, 7) is 7.97. The summed E-state index contributed by atoms with van der Waals surface area (Å²) in [6.07, 6.45) is 0.841. The molecule has 3 aromatic rings. The van der Waals surface area contributed by atoms with Crippen LogP contribution in [0.1, 0.15) is 65.1 Å². The van der Waals surface area contributed by atoms with Crippen LogP contribution in [0, 0.1) is 19.8 Å². The third-order valence-electron chi connectivity index (χ3n) is 6.28. The van der Waals surface area contributed by atoms with Crippen molar-refractivity contribution in [1.82, 2.24) is 9.55 Å². The van der Waals surface area contributed by atoms with Crippen molar-refractivity contribution in [3.05, 3.63) is 102 Å². The molecule has 0 saturated carbocycles. The number of fused-ring (bicyclic) bond motifs is 1. The molecule has 1 aliphatic rings. The van der Waals surface area contributed by atoms with Gasteiger partial charge in [0.1, 0.15) is 6.23 Å². The molecular formula is C26H30N2O3. The molecule has 5 nitrogen and oxygen atoms in total. The Morgan fingerprint density at radius 2 is 1.61 bits per heavy atom. The molecule has 0 radical (unpaired) electrons. The van der Waals surface area contributed by atoms with Crippen molar-refractivity contribution in [2.24, 2.45) is 5.92 Å². The maximum absolute atomic E-state index is 13.0. The topological polar surface area (TPSA) is 75.1 Å². The molecule has 1 unspecified atom stereocenters. The fraction of sp³-hybridized carbons (Fsp3) is 0.385. The minimum Gasteiger partial charge on any atom is -0.373 e. The molecule has 2 N–H and O–H groups in total. The van der Waals surface area contributed by atoms with Gasteiger partial charge in [-0.15, -0.1) is 0 Å². The highest BCUT2D eigenvalue weighted by molar-refractivity contribution is 5.35. The second-order valence-electron chi connectivity index (χ2n) is 9.17. The Labute approximate surface area is 182 Å². The number of nitrogens with zero attached hydrogens (tertiary/aromatic N) is 1. The quantitative estimate of drug-likeness (QED) is 0.662. The number of nitrogens with one attached hydrogen (secondary N) is 1. The molecule has 0 bridgehead atoms. The van der Waals surface area contributed by atoms with Crippen molar-refractivity contribution in [1.29, 1.82) is 0 Å². The van der Waals surface area contributed by atoms with E-state index in [1.165, 1.54) is 15.7 Å². The van der Waals surface area contributed by atoms with Gasteiger partial charge in [-0.2, -0.15) is 0 Å². The van der Waals surface area contributed by atoms with Crippen LogP contribution in [-0.4, -0.2) is 14.7 Å². The lowest BCUT2D eigenvalue weighted by Crippen LogP contribution is -2.40. The summed E-state index contributed by atoms with van der Waals surface area (Å²) >= 11 is 0. The lowest BCUT2D eigenvalue weighted by Gasteiger charge is -2.26. The third kappa shape index (κ3) is 4.15. The van der Waals surface area contributed by atoms with Gasteiger partial charge in [-0.05, 0) is 49.3 Å². The molecule has 31 heavy (non-hydrogen) atoms. The molecular weight excluding hydrogens is 388 g/mol. The molecule has 0 spiro atoms. The van der Waals surface area contributed by atoms with Gasteiger partial charge in [0.2, 0.25) is 0 Å². The van der Waals surface area contributed by atoms with Gasteiger partial charge in [0.05, 0.1) is 0 Å². The summed E-state index contributed by atoms with van der Waals surface area (Å²) in [5.41, 5.74) is 5.98. The van der Waals surface area contributed by atoms with Crippen molar-refractivity contribution in [2.75, 3.05) is 0 Å². The van der Waals surface area contributed by atoms with Gasteiger partial charge in [-0.3, -0.25) is 14.3 Å². The number of aryl methyl sites for hydroxylation is 2. The van der Waals surface area contributed by atoms with Gasteiger partial charge in [0.15, 0.2) is 0 Å². The number of hydrogen-bond donors (Lipinski definition) is 2. The highest BCUT2D eigenvalue weighted by atomic mass is 16.3. The van der Waals surface area contributed by atoms with E-state index < -0.39 is 11.9 Å². The maximum atomic E-state index is 13.0. The number of aliphatic hydroxyl groups excluding tert-OH is 1. The Morgan fingerprint density at radius 1 is 1.03 bits per heavy atom. The third-order valence-corrected chi connectivity index (χ3v) is 6.28. The Balaban J connectivity index is 1.82. The predicted molar refractivity (Wildman–Crippen MR) is 123 cm³/mol. The number of H-pyrrole nitrogens is 1. The van der Waals surface area contributed by atoms with Crippen molar-refractivity contribution >= 4 is 0 Å². The fourth-order valence-corrected chi connectivity index (χ4v) is 5.04. The monoisotopic (exact) mass is 418 g/mol. The van der Waals surface area contributed by atoms with Crippen LogP contribution in [0.2, 0.25) is 0 Å². The van der Waals surface area contributed by atoms with Crippen LogP contribution in [0.5, 0.6) is 0 Å². The normalized spacial score (nSPS) is 14.8. The zero-order valence-electron chi connectivity index (χ0n) is 18.6. The molecule has 1 atom stereocenters. The molecule has 0 saturated heterocycles.